The van der Waals surface area contributed by atoms with E-state index in [-0.39, 0.29) is 48.2 Å². The first kappa shape index (κ1) is 20.4. The SMILES string of the molecule is Cc1c(C(=O)N2CCN(S(=O)(=O)c3ccccc3Br)CC2)cccc1[N+](=O)[O-]. The highest BCUT2D eigenvalue weighted by molar-refractivity contribution is 9.10. The molecule has 3 rings (SSSR count). The van der Waals surface area contributed by atoms with Crippen molar-refractivity contribution in [3.8, 4) is 0 Å². The maximum Gasteiger partial charge on any atom is 0.273 e. The molecular weight excluding hydrogens is 450 g/mol. The van der Waals surface area contributed by atoms with Gasteiger partial charge in [-0.15, -0.1) is 0 Å². The number of sulfonamides is 1. The molecule has 0 saturated carbocycles. The third kappa shape index (κ3) is 3.80. The van der Waals surface area contributed by atoms with Gasteiger partial charge in [0, 0.05) is 47.8 Å². The Morgan fingerprint density at radius 3 is 2.32 bits per heavy atom. The number of nitro benzene ring substituents is 1. The van der Waals surface area contributed by atoms with Gasteiger partial charge in [0.2, 0.25) is 10.0 Å². The molecule has 0 aliphatic carbocycles. The van der Waals surface area contributed by atoms with E-state index >= 15 is 0 Å². The van der Waals surface area contributed by atoms with Crippen LogP contribution in [-0.2, 0) is 10.0 Å². The molecular formula is C18H18BrN3O5S. The molecule has 0 bridgehead atoms. The van der Waals surface area contributed by atoms with Gasteiger partial charge in [-0.3, -0.25) is 14.9 Å². The Bertz CT molecular complexity index is 1030. The number of benzene rings is 2. The summed E-state index contributed by atoms with van der Waals surface area (Å²) in [6.07, 6.45) is 0. The van der Waals surface area contributed by atoms with E-state index in [0.29, 0.717) is 10.0 Å². The molecule has 0 radical (unpaired) electrons. The van der Waals surface area contributed by atoms with Crippen molar-refractivity contribution in [2.45, 2.75) is 11.8 Å². The summed E-state index contributed by atoms with van der Waals surface area (Å²) >= 11 is 3.27. The van der Waals surface area contributed by atoms with Crippen LogP contribution >= 0.6 is 15.9 Å². The molecule has 0 spiro atoms. The van der Waals surface area contributed by atoms with Gasteiger partial charge >= 0.3 is 0 Å². The Hall–Kier alpha value is -2.30. The average Bonchev–Trinajstić information content (AvgIpc) is 2.67. The zero-order valence-electron chi connectivity index (χ0n) is 15.0. The molecule has 1 heterocycles. The van der Waals surface area contributed by atoms with Crippen LogP contribution < -0.4 is 0 Å². The summed E-state index contributed by atoms with van der Waals surface area (Å²) in [7, 11) is -3.67. The number of carbonyl (C=O) groups is 1. The van der Waals surface area contributed by atoms with Crippen molar-refractivity contribution >= 4 is 37.5 Å². The van der Waals surface area contributed by atoms with Gasteiger partial charge in [-0.25, -0.2) is 8.42 Å². The van der Waals surface area contributed by atoms with Gasteiger partial charge in [0.1, 0.15) is 0 Å². The van der Waals surface area contributed by atoms with Crippen molar-refractivity contribution in [1.82, 2.24) is 9.21 Å². The van der Waals surface area contributed by atoms with E-state index in [0.717, 1.165) is 0 Å². The van der Waals surface area contributed by atoms with Gasteiger partial charge in [0.05, 0.1) is 9.82 Å². The van der Waals surface area contributed by atoms with Crippen LogP contribution in [0, 0.1) is 17.0 Å². The van der Waals surface area contributed by atoms with Gasteiger partial charge in [0.15, 0.2) is 0 Å². The second-order valence-corrected chi connectivity index (χ2v) is 9.09. The fraction of sp³-hybridized carbons (Fsp3) is 0.278. The van der Waals surface area contributed by atoms with E-state index in [1.807, 2.05) is 0 Å². The summed E-state index contributed by atoms with van der Waals surface area (Å²) in [5.74, 6) is -0.334. The topological polar surface area (TPSA) is 101 Å². The molecule has 28 heavy (non-hydrogen) atoms. The van der Waals surface area contributed by atoms with E-state index in [1.54, 1.807) is 31.2 Å². The molecule has 0 N–H and O–H groups in total. The molecule has 1 saturated heterocycles. The van der Waals surface area contributed by atoms with Crippen LogP contribution in [0.5, 0.6) is 0 Å². The Morgan fingerprint density at radius 1 is 1.07 bits per heavy atom. The van der Waals surface area contributed by atoms with Gasteiger partial charge in [0.25, 0.3) is 11.6 Å². The molecule has 0 unspecified atom stereocenters. The predicted molar refractivity (Wildman–Crippen MR) is 107 cm³/mol. The van der Waals surface area contributed by atoms with E-state index < -0.39 is 14.9 Å². The minimum Gasteiger partial charge on any atom is -0.336 e. The van der Waals surface area contributed by atoms with Crippen molar-refractivity contribution in [3.63, 3.8) is 0 Å². The third-order valence-electron chi connectivity index (χ3n) is 4.71. The van der Waals surface area contributed by atoms with Crippen LogP contribution in [0.4, 0.5) is 5.69 Å². The zero-order chi connectivity index (χ0) is 20.5. The molecule has 0 atom stereocenters. The Kier molecular flexibility index (Phi) is 5.82. The van der Waals surface area contributed by atoms with Crippen LogP contribution in [-0.4, -0.2) is 54.6 Å². The predicted octanol–water partition coefficient (Wildman–Crippen LogP) is 2.81. The lowest BCUT2D eigenvalue weighted by Crippen LogP contribution is -2.50. The number of amides is 1. The maximum absolute atomic E-state index is 12.8. The standard InChI is InChI=1S/C18H18BrN3O5S/c1-13-14(5-4-7-16(13)22(24)25)18(23)20-9-11-21(12-10-20)28(26,27)17-8-3-2-6-15(17)19/h2-8H,9-12H2,1H3. The van der Waals surface area contributed by atoms with Crippen LogP contribution in [0.1, 0.15) is 15.9 Å². The number of hydrogen-bond acceptors (Lipinski definition) is 5. The van der Waals surface area contributed by atoms with Crippen LogP contribution in [0.2, 0.25) is 0 Å². The Balaban J connectivity index is 1.76. The second-order valence-electron chi connectivity index (χ2n) is 6.33. The van der Waals surface area contributed by atoms with Crippen LogP contribution in [0.25, 0.3) is 0 Å². The summed E-state index contributed by atoms with van der Waals surface area (Å²) in [6, 6.07) is 11.0. The van der Waals surface area contributed by atoms with Crippen LogP contribution in [0.3, 0.4) is 0 Å². The summed E-state index contributed by atoms with van der Waals surface area (Å²) in [4.78, 5) is 25.1. The van der Waals surface area contributed by atoms with E-state index in [2.05, 4.69) is 15.9 Å². The largest absolute Gasteiger partial charge is 0.336 e. The summed E-state index contributed by atoms with van der Waals surface area (Å²) in [5, 5.41) is 11.1. The Morgan fingerprint density at radius 2 is 1.71 bits per heavy atom. The molecule has 0 aromatic heterocycles. The number of piperazine rings is 1. The van der Waals surface area contributed by atoms with Crippen molar-refractivity contribution in [2.75, 3.05) is 26.2 Å². The number of rotatable bonds is 4. The molecule has 8 nitrogen and oxygen atoms in total. The number of nitrogens with zero attached hydrogens (tertiary/aromatic N) is 3. The number of hydrogen-bond donors (Lipinski definition) is 0. The minimum absolute atomic E-state index is 0.110. The second kappa shape index (κ2) is 7.98. The Labute approximate surface area is 171 Å². The van der Waals surface area contributed by atoms with E-state index in [1.165, 1.54) is 27.4 Å². The number of carbonyl (C=O) groups excluding carboxylic acids is 1. The molecule has 10 heteroatoms. The quantitative estimate of drug-likeness (QED) is 0.508. The fourth-order valence-electron chi connectivity index (χ4n) is 3.15. The smallest absolute Gasteiger partial charge is 0.273 e. The molecule has 1 aliphatic heterocycles. The van der Waals surface area contributed by atoms with Gasteiger partial charge in [-0.2, -0.15) is 4.31 Å². The third-order valence-corrected chi connectivity index (χ3v) is 7.62. The van der Waals surface area contributed by atoms with E-state index in [9.17, 15) is 23.3 Å². The minimum atomic E-state index is -3.67. The maximum atomic E-state index is 12.8. The lowest BCUT2D eigenvalue weighted by Gasteiger charge is -2.34. The van der Waals surface area contributed by atoms with Gasteiger partial charge < -0.3 is 4.90 Å². The molecule has 2 aromatic rings. The number of halogens is 1. The first-order valence-electron chi connectivity index (χ1n) is 8.51. The zero-order valence-corrected chi connectivity index (χ0v) is 17.4. The van der Waals surface area contributed by atoms with E-state index in [4.69, 9.17) is 0 Å². The first-order valence-corrected chi connectivity index (χ1v) is 10.7. The van der Waals surface area contributed by atoms with Gasteiger partial charge in [-0.1, -0.05) is 18.2 Å². The number of nitro groups is 1. The summed E-state index contributed by atoms with van der Waals surface area (Å²) in [5.41, 5.74) is 0.457. The molecule has 148 valence electrons. The fourth-order valence-corrected chi connectivity index (χ4v) is 5.53. The summed E-state index contributed by atoms with van der Waals surface area (Å²) < 4.78 is 27.5. The van der Waals surface area contributed by atoms with Crippen molar-refractivity contribution in [1.29, 1.82) is 0 Å². The monoisotopic (exact) mass is 467 g/mol. The molecule has 1 fully saturated rings. The van der Waals surface area contributed by atoms with Crippen molar-refractivity contribution < 1.29 is 18.1 Å². The van der Waals surface area contributed by atoms with Crippen LogP contribution in [0.15, 0.2) is 51.8 Å². The molecule has 1 aliphatic rings. The first-order chi connectivity index (χ1) is 13.2. The normalized spacial score (nSPS) is 15.4. The molecule has 2 aromatic carbocycles. The average molecular weight is 468 g/mol. The summed E-state index contributed by atoms with van der Waals surface area (Å²) in [6.45, 7) is 2.28. The van der Waals surface area contributed by atoms with Crippen molar-refractivity contribution in [2.24, 2.45) is 0 Å². The lowest BCUT2D eigenvalue weighted by atomic mass is 10.1. The highest BCUT2D eigenvalue weighted by Crippen LogP contribution is 2.26. The van der Waals surface area contributed by atoms with Gasteiger partial charge in [-0.05, 0) is 41.1 Å². The molecule has 1 amide bonds. The lowest BCUT2D eigenvalue weighted by molar-refractivity contribution is -0.385. The van der Waals surface area contributed by atoms with Crippen molar-refractivity contribution in [3.05, 3.63) is 68.2 Å². The highest BCUT2D eigenvalue weighted by Gasteiger charge is 2.32. The highest BCUT2D eigenvalue weighted by atomic mass is 79.9.